The molecule has 5 nitrogen and oxygen atoms in total. The SMILES string of the molecule is O=C1c2c(ccc(O)c2O)CN1Cc1ccc2[nH]ccc2c1. The van der Waals surface area contributed by atoms with Crippen LogP contribution < -0.4 is 0 Å². The van der Waals surface area contributed by atoms with Gasteiger partial charge >= 0.3 is 0 Å². The highest BCUT2D eigenvalue weighted by Gasteiger charge is 2.31. The van der Waals surface area contributed by atoms with Gasteiger partial charge in [0, 0.05) is 24.8 Å². The highest BCUT2D eigenvalue weighted by molar-refractivity contribution is 6.01. The number of carbonyl (C=O) groups is 1. The fraction of sp³-hybridized carbons (Fsp3) is 0.118. The molecule has 2 aromatic carbocycles. The van der Waals surface area contributed by atoms with Crippen molar-refractivity contribution in [2.24, 2.45) is 0 Å². The van der Waals surface area contributed by atoms with Crippen molar-refractivity contribution < 1.29 is 15.0 Å². The van der Waals surface area contributed by atoms with Crippen LogP contribution in [0.4, 0.5) is 0 Å². The minimum Gasteiger partial charge on any atom is -0.504 e. The Bertz CT molecular complexity index is 898. The number of hydrogen-bond acceptors (Lipinski definition) is 3. The summed E-state index contributed by atoms with van der Waals surface area (Å²) in [6.45, 7) is 0.905. The van der Waals surface area contributed by atoms with E-state index in [1.54, 1.807) is 11.0 Å². The molecular weight excluding hydrogens is 280 g/mol. The molecule has 1 amide bonds. The molecule has 110 valence electrons. The Morgan fingerprint density at radius 2 is 2.00 bits per heavy atom. The third-order valence-corrected chi connectivity index (χ3v) is 4.10. The van der Waals surface area contributed by atoms with Gasteiger partial charge in [-0.1, -0.05) is 12.1 Å². The van der Waals surface area contributed by atoms with E-state index >= 15 is 0 Å². The van der Waals surface area contributed by atoms with Crippen LogP contribution in [0.2, 0.25) is 0 Å². The van der Waals surface area contributed by atoms with E-state index in [9.17, 15) is 15.0 Å². The summed E-state index contributed by atoms with van der Waals surface area (Å²) in [5.41, 5.74) is 3.03. The fourth-order valence-corrected chi connectivity index (χ4v) is 2.98. The molecule has 0 bridgehead atoms. The summed E-state index contributed by atoms with van der Waals surface area (Å²) in [4.78, 5) is 17.2. The van der Waals surface area contributed by atoms with Crippen LogP contribution in [-0.2, 0) is 13.1 Å². The van der Waals surface area contributed by atoms with Crippen molar-refractivity contribution in [1.82, 2.24) is 9.88 Å². The standard InChI is InChI=1S/C17H14N2O3/c20-14-4-2-12-9-19(17(22)15(12)16(14)21)8-10-1-3-13-11(7-10)5-6-18-13/h1-7,18,20-21H,8-9H2. The average Bonchev–Trinajstić information content (AvgIpc) is 3.08. The van der Waals surface area contributed by atoms with Crippen LogP contribution in [-0.4, -0.2) is 26.0 Å². The van der Waals surface area contributed by atoms with Crippen LogP contribution in [0.1, 0.15) is 21.5 Å². The smallest absolute Gasteiger partial charge is 0.258 e. The van der Waals surface area contributed by atoms with E-state index in [4.69, 9.17) is 0 Å². The molecule has 0 atom stereocenters. The number of phenolic OH excluding ortho intramolecular Hbond substituents is 2. The van der Waals surface area contributed by atoms with Crippen LogP contribution in [0.15, 0.2) is 42.6 Å². The van der Waals surface area contributed by atoms with Crippen molar-refractivity contribution in [3.63, 3.8) is 0 Å². The van der Waals surface area contributed by atoms with Crippen LogP contribution in [0.25, 0.3) is 10.9 Å². The third-order valence-electron chi connectivity index (χ3n) is 4.10. The number of nitrogens with one attached hydrogen (secondary N) is 1. The van der Waals surface area contributed by atoms with E-state index in [2.05, 4.69) is 4.98 Å². The molecule has 0 spiro atoms. The molecule has 3 N–H and O–H groups in total. The van der Waals surface area contributed by atoms with E-state index in [0.717, 1.165) is 22.0 Å². The van der Waals surface area contributed by atoms with Gasteiger partial charge in [0.15, 0.2) is 11.5 Å². The van der Waals surface area contributed by atoms with Crippen molar-refractivity contribution in [3.05, 3.63) is 59.3 Å². The molecule has 22 heavy (non-hydrogen) atoms. The monoisotopic (exact) mass is 294 g/mol. The maximum absolute atomic E-state index is 12.4. The molecule has 5 heteroatoms. The first-order chi connectivity index (χ1) is 10.6. The number of hydrogen-bond donors (Lipinski definition) is 3. The Labute approximate surface area is 126 Å². The molecule has 3 aromatic rings. The lowest BCUT2D eigenvalue weighted by Gasteiger charge is -2.15. The first kappa shape index (κ1) is 12.8. The van der Waals surface area contributed by atoms with Crippen molar-refractivity contribution in [2.45, 2.75) is 13.1 Å². The number of carbonyl (C=O) groups excluding carboxylic acids is 1. The van der Waals surface area contributed by atoms with Gasteiger partial charge in [-0.2, -0.15) is 0 Å². The number of aromatic nitrogens is 1. The number of rotatable bonds is 2. The first-order valence-electron chi connectivity index (χ1n) is 7.02. The molecule has 0 saturated heterocycles. The number of aromatic amines is 1. The van der Waals surface area contributed by atoms with Crippen molar-refractivity contribution in [2.75, 3.05) is 0 Å². The van der Waals surface area contributed by atoms with Crippen LogP contribution in [0, 0.1) is 0 Å². The maximum atomic E-state index is 12.4. The Kier molecular flexibility index (Phi) is 2.63. The maximum Gasteiger partial charge on any atom is 0.258 e. The zero-order valence-electron chi connectivity index (χ0n) is 11.7. The van der Waals surface area contributed by atoms with Gasteiger partial charge in [0.1, 0.15) is 0 Å². The number of fused-ring (bicyclic) bond motifs is 2. The second-order valence-corrected chi connectivity index (χ2v) is 5.53. The Morgan fingerprint density at radius 3 is 2.86 bits per heavy atom. The number of H-pyrrole nitrogens is 1. The predicted octanol–water partition coefficient (Wildman–Crippen LogP) is 2.74. The van der Waals surface area contributed by atoms with Crippen molar-refractivity contribution in [1.29, 1.82) is 0 Å². The summed E-state index contributed by atoms with van der Waals surface area (Å²) < 4.78 is 0. The molecule has 0 saturated carbocycles. The van der Waals surface area contributed by atoms with Gasteiger partial charge in [0.05, 0.1) is 5.56 Å². The van der Waals surface area contributed by atoms with Crippen molar-refractivity contribution in [3.8, 4) is 11.5 Å². The molecule has 0 radical (unpaired) electrons. The Balaban J connectivity index is 1.65. The molecule has 2 heterocycles. The lowest BCUT2D eigenvalue weighted by atomic mass is 10.1. The normalized spacial score (nSPS) is 13.8. The highest BCUT2D eigenvalue weighted by Crippen LogP contribution is 2.37. The van der Waals surface area contributed by atoms with Gasteiger partial charge in [0.25, 0.3) is 5.91 Å². The average molecular weight is 294 g/mol. The number of phenols is 2. The fourth-order valence-electron chi connectivity index (χ4n) is 2.98. The van der Waals surface area contributed by atoms with Crippen LogP contribution >= 0.6 is 0 Å². The molecule has 1 aliphatic rings. The molecule has 1 aliphatic heterocycles. The summed E-state index contributed by atoms with van der Waals surface area (Å²) in [7, 11) is 0. The number of amides is 1. The van der Waals surface area contributed by atoms with Crippen LogP contribution in [0.3, 0.4) is 0 Å². The lowest BCUT2D eigenvalue weighted by Crippen LogP contribution is -2.23. The third kappa shape index (κ3) is 1.83. The quantitative estimate of drug-likeness (QED) is 0.636. The number of aromatic hydroxyl groups is 2. The van der Waals surface area contributed by atoms with E-state index in [1.807, 2.05) is 30.5 Å². The zero-order valence-corrected chi connectivity index (χ0v) is 11.7. The van der Waals surface area contributed by atoms with Crippen molar-refractivity contribution >= 4 is 16.8 Å². The van der Waals surface area contributed by atoms with Gasteiger partial charge in [-0.05, 0) is 40.8 Å². The molecule has 1 aromatic heterocycles. The largest absolute Gasteiger partial charge is 0.504 e. The predicted molar refractivity (Wildman–Crippen MR) is 81.6 cm³/mol. The minimum atomic E-state index is -0.328. The molecule has 0 unspecified atom stereocenters. The zero-order chi connectivity index (χ0) is 15.3. The summed E-state index contributed by atoms with van der Waals surface area (Å²) in [6.07, 6.45) is 1.88. The van der Waals surface area contributed by atoms with E-state index in [0.29, 0.717) is 13.1 Å². The van der Waals surface area contributed by atoms with Gasteiger partial charge < -0.3 is 20.1 Å². The summed E-state index contributed by atoms with van der Waals surface area (Å²) >= 11 is 0. The number of benzene rings is 2. The minimum absolute atomic E-state index is 0.211. The second-order valence-electron chi connectivity index (χ2n) is 5.53. The lowest BCUT2D eigenvalue weighted by molar-refractivity contribution is 0.0764. The molecule has 0 aliphatic carbocycles. The molecular formula is C17H14N2O3. The Hall–Kier alpha value is -2.95. The van der Waals surface area contributed by atoms with Gasteiger partial charge in [-0.3, -0.25) is 4.79 Å². The molecule has 4 rings (SSSR count). The van der Waals surface area contributed by atoms with Gasteiger partial charge in [0.2, 0.25) is 0 Å². The van der Waals surface area contributed by atoms with E-state index in [-0.39, 0.29) is 23.0 Å². The number of nitrogens with zero attached hydrogens (tertiary/aromatic N) is 1. The topological polar surface area (TPSA) is 76.6 Å². The van der Waals surface area contributed by atoms with Gasteiger partial charge in [-0.25, -0.2) is 0 Å². The molecule has 0 fully saturated rings. The van der Waals surface area contributed by atoms with E-state index in [1.165, 1.54) is 6.07 Å². The second kappa shape index (κ2) is 4.53. The van der Waals surface area contributed by atoms with Gasteiger partial charge in [-0.15, -0.1) is 0 Å². The highest BCUT2D eigenvalue weighted by atomic mass is 16.3. The van der Waals surface area contributed by atoms with Crippen LogP contribution in [0.5, 0.6) is 11.5 Å². The van der Waals surface area contributed by atoms with E-state index < -0.39 is 0 Å². The summed E-state index contributed by atoms with van der Waals surface area (Å²) in [6, 6.07) is 11.1. The first-order valence-corrected chi connectivity index (χ1v) is 7.02. The summed E-state index contributed by atoms with van der Waals surface area (Å²) in [5, 5.41) is 20.5. The Morgan fingerprint density at radius 1 is 1.14 bits per heavy atom. The summed E-state index contributed by atoms with van der Waals surface area (Å²) in [5.74, 6) is -0.841.